The predicted molar refractivity (Wildman–Crippen MR) is 380 cm³/mol. The standard InChI is InChI=1S/2C19H37NO2.2C18H36N2O2.CH4/c2*1-6-8-10-12-16(5)19(22)20-17(13-11-9-7-2)18(21)14-15(3)4;2*1-5-7-9-11-15(19)18(22)20-16(12-10-8-6-2)17(21)13-14(3)4;/h2*15-17H,6-14H2,1-5H3,(H,20,22);2*14-16H,5-13,19H2,1-4H3,(H,20,22);1H4. The maximum absolute atomic E-state index is 12.4. The smallest absolute Gasteiger partial charge is 0.237 e. The minimum Gasteiger partial charge on any atom is -0.346 e. The first kappa shape index (κ1) is 94.2. The summed E-state index contributed by atoms with van der Waals surface area (Å²) in [4.78, 5) is 98.3. The monoisotopic (exact) mass is 1260 g/mol. The van der Waals surface area contributed by atoms with E-state index in [1.165, 1.54) is 25.7 Å². The number of unbranched alkanes of at least 4 members (excludes halogenated alkanes) is 16. The molecule has 0 radical (unpaired) electrons. The lowest BCUT2D eigenvalue weighted by Gasteiger charge is -2.21. The largest absolute Gasteiger partial charge is 0.346 e. The van der Waals surface area contributed by atoms with E-state index in [0.29, 0.717) is 62.2 Å². The molecule has 0 aliphatic carbocycles. The number of nitrogens with two attached hydrogens (primary N) is 2. The van der Waals surface area contributed by atoms with Gasteiger partial charge in [-0.25, -0.2) is 0 Å². The summed E-state index contributed by atoms with van der Waals surface area (Å²) in [7, 11) is 0. The Morgan fingerprint density at radius 3 is 0.607 bits per heavy atom. The summed E-state index contributed by atoms with van der Waals surface area (Å²) in [5.74, 6) is 1.77. The van der Waals surface area contributed by atoms with Crippen LogP contribution in [0, 0.1) is 35.5 Å². The summed E-state index contributed by atoms with van der Waals surface area (Å²) in [6.45, 7) is 37.4. The van der Waals surface area contributed by atoms with Gasteiger partial charge in [-0.15, -0.1) is 0 Å². The van der Waals surface area contributed by atoms with Crippen molar-refractivity contribution in [2.45, 2.75) is 399 Å². The van der Waals surface area contributed by atoms with Crippen molar-refractivity contribution in [3.05, 3.63) is 0 Å². The molecule has 0 aliphatic heterocycles. The fourth-order valence-corrected chi connectivity index (χ4v) is 10.2. The number of amides is 4. The number of ketones is 4. The zero-order valence-electron chi connectivity index (χ0n) is 60.8. The van der Waals surface area contributed by atoms with E-state index in [0.717, 1.165) is 167 Å². The van der Waals surface area contributed by atoms with Crippen LogP contribution in [0.2, 0.25) is 0 Å². The summed E-state index contributed by atoms with van der Waals surface area (Å²) in [5.41, 5.74) is 11.9. The fraction of sp³-hybridized carbons (Fsp3) is 0.893. The normalized spacial score (nSPS) is 13.8. The van der Waals surface area contributed by atoms with Crippen molar-refractivity contribution in [3.63, 3.8) is 0 Å². The molecule has 0 aliphatic rings. The molecule has 0 aromatic heterocycles. The molecule has 89 heavy (non-hydrogen) atoms. The van der Waals surface area contributed by atoms with Crippen LogP contribution >= 0.6 is 0 Å². The van der Waals surface area contributed by atoms with E-state index in [1.54, 1.807) is 0 Å². The highest BCUT2D eigenvalue weighted by molar-refractivity contribution is 5.92. The van der Waals surface area contributed by atoms with Crippen LogP contribution in [-0.2, 0) is 38.4 Å². The molecule has 8 N–H and O–H groups in total. The second-order valence-electron chi connectivity index (χ2n) is 27.5. The third kappa shape index (κ3) is 56.9. The van der Waals surface area contributed by atoms with Crippen molar-refractivity contribution in [1.82, 2.24) is 21.3 Å². The molecular formula is C75H150N6O8. The minimum absolute atomic E-state index is 0. The lowest BCUT2D eigenvalue weighted by atomic mass is 9.96. The number of hydrogen-bond acceptors (Lipinski definition) is 10. The van der Waals surface area contributed by atoms with Crippen LogP contribution in [0.3, 0.4) is 0 Å². The van der Waals surface area contributed by atoms with Gasteiger partial charge in [0.25, 0.3) is 0 Å². The van der Waals surface area contributed by atoms with Crippen LogP contribution in [0.5, 0.6) is 0 Å². The first-order valence-electron chi connectivity index (χ1n) is 36.5. The second kappa shape index (κ2) is 63.2. The number of carbonyl (C=O) groups excluding carboxylic acids is 8. The van der Waals surface area contributed by atoms with Crippen molar-refractivity contribution in [1.29, 1.82) is 0 Å². The van der Waals surface area contributed by atoms with Gasteiger partial charge in [-0.3, -0.25) is 38.4 Å². The fourth-order valence-electron chi connectivity index (χ4n) is 10.2. The topological polar surface area (TPSA) is 237 Å². The molecule has 0 aromatic rings. The molecular weight excluding hydrogens is 1110 g/mol. The Balaban J connectivity index is -0.000000351. The Bertz CT molecular complexity index is 1510. The zero-order valence-corrected chi connectivity index (χ0v) is 60.8. The van der Waals surface area contributed by atoms with E-state index in [-0.39, 0.29) is 90.2 Å². The Hall–Kier alpha value is -3.52. The van der Waals surface area contributed by atoms with Crippen molar-refractivity contribution < 1.29 is 38.4 Å². The van der Waals surface area contributed by atoms with E-state index in [9.17, 15) is 38.4 Å². The number of nitrogens with one attached hydrogen (secondary N) is 4. The Kier molecular flexibility index (Phi) is 66.9. The number of carbonyl (C=O) groups is 8. The second-order valence-corrected chi connectivity index (χ2v) is 27.5. The first-order chi connectivity index (χ1) is 41.7. The number of Topliss-reactive ketones (excluding diaryl/α,β-unsaturated/α-hetero) is 4. The van der Waals surface area contributed by atoms with Gasteiger partial charge in [-0.2, -0.15) is 0 Å². The maximum Gasteiger partial charge on any atom is 0.237 e. The Morgan fingerprint density at radius 1 is 0.258 bits per heavy atom. The molecule has 8 unspecified atom stereocenters. The Morgan fingerprint density at radius 2 is 0.427 bits per heavy atom. The molecule has 0 heterocycles. The Labute approximate surface area is 550 Å². The molecule has 528 valence electrons. The predicted octanol–water partition coefficient (Wildman–Crippen LogP) is 17.6. The van der Waals surface area contributed by atoms with Crippen LogP contribution in [0.15, 0.2) is 0 Å². The summed E-state index contributed by atoms with van der Waals surface area (Å²) < 4.78 is 0. The summed E-state index contributed by atoms with van der Waals surface area (Å²) >= 11 is 0. The maximum atomic E-state index is 12.4. The van der Waals surface area contributed by atoms with E-state index >= 15 is 0 Å². The van der Waals surface area contributed by atoms with E-state index in [4.69, 9.17) is 11.5 Å². The van der Waals surface area contributed by atoms with Crippen molar-refractivity contribution in [2.24, 2.45) is 47.0 Å². The van der Waals surface area contributed by atoms with Crippen molar-refractivity contribution in [3.8, 4) is 0 Å². The van der Waals surface area contributed by atoms with E-state index in [2.05, 4.69) is 104 Å². The summed E-state index contributed by atoms with van der Waals surface area (Å²) in [5, 5.41) is 11.8. The zero-order chi connectivity index (χ0) is 67.8. The average molecular weight is 1260 g/mol. The number of hydrogen-bond donors (Lipinski definition) is 6. The highest BCUT2D eigenvalue weighted by Crippen LogP contribution is 2.18. The van der Waals surface area contributed by atoms with Gasteiger partial charge in [0.15, 0.2) is 23.1 Å². The minimum atomic E-state index is -0.493. The third-order valence-corrected chi connectivity index (χ3v) is 15.9. The molecule has 14 nitrogen and oxygen atoms in total. The number of rotatable bonds is 52. The van der Waals surface area contributed by atoms with E-state index in [1.807, 2.05) is 41.5 Å². The molecule has 0 aromatic carbocycles. The van der Waals surface area contributed by atoms with Gasteiger partial charge in [-0.1, -0.05) is 286 Å². The van der Waals surface area contributed by atoms with Gasteiger partial charge >= 0.3 is 0 Å². The third-order valence-electron chi connectivity index (χ3n) is 15.9. The molecule has 0 rings (SSSR count). The molecule has 14 heteroatoms. The van der Waals surface area contributed by atoms with Gasteiger partial charge in [0.05, 0.1) is 36.3 Å². The van der Waals surface area contributed by atoms with Gasteiger partial charge in [0, 0.05) is 37.5 Å². The van der Waals surface area contributed by atoms with Gasteiger partial charge < -0.3 is 32.7 Å². The highest BCUT2D eigenvalue weighted by atomic mass is 16.2. The van der Waals surface area contributed by atoms with Crippen LogP contribution in [0.1, 0.15) is 363 Å². The molecule has 0 saturated carbocycles. The molecule has 0 fully saturated rings. The van der Waals surface area contributed by atoms with Crippen LogP contribution in [0.4, 0.5) is 0 Å². The van der Waals surface area contributed by atoms with Crippen LogP contribution in [-0.4, -0.2) is 83.0 Å². The quantitative estimate of drug-likeness (QED) is 0.0315. The van der Waals surface area contributed by atoms with Crippen LogP contribution < -0.4 is 32.7 Å². The van der Waals surface area contributed by atoms with E-state index < -0.39 is 12.1 Å². The first-order valence-corrected chi connectivity index (χ1v) is 36.5. The molecule has 0 saturated heterocycles. The summed E-state index contributed by atoms with van der Waals surface area (Å²) in [6, 6.07) is -2.28. The molecule has 8 atom stereocenters. The van der Waals surface area contributed by atoms with Crippen molar-refractivity contribution in [2.75, 3.05) is 0 Å². The summed E-state index contributed by atoms with van der Waals surface area (Å²) in [6.07, 6.45) is 34.4. The highest BCUT2D eigenvalue weighted by Gasteiger charge is 2.27. The molecule has 4 amide bonds. The molecule has 0 spiro atoms. The van der Waals surface area contributed by atoms with Crippen LogP contribution in [0.25, 0.3) is 0 Å². The van der Waals surface area contributed by atoms with Crippen molar-refractivity contribution >= 4 is 46.8 Å². The molecule has 0 bridgehead atoms. The lowest BCUT2D eigenvalue weighted by Crippen LogP contribution is -2.48. The van der Waals surface area contributed by atoms with Gasteiger partial charge in [-0.05, 0) is 75.0 Å². The lowest BCUT2D eigenvalue weighted by molar-refractivity contribution is -0.130. The SMILES string of the molecule is C.CCCCCC(C)C(=O)NC(CCCCC)C(=O)CC(C)C.CCCCCC(C)C(=O)NC(CCCCC)C(=O)CC(C)C.CCCCCC(N)C(=O)NC(CCCCC)C(=O)CC(C)C.CCCCCC(N)C(=O)NC(CCCCC)C(=O)CC(C)C. The average Bonchev–Trinajstić information content (AvgIpc) is 3.66. The van der Waals surface area contributed by atoms with Gasteiger partial charge in [0.1, 0.15) is 0 Å². The van der Waals surface area contributed by atoms with Gasteiger partial charge in [0.2, 0.25) is 23.6 Å².